The first-order valence-corrected chi connectivity index (χ1v) is 8.53. The van der Waals surface area contributed by atoms with Gasteiger partial charge in [-0.05, 0) is 49.1 Å². The van der Waals surface area contributed by atoms with Crippen molar-refractivity contribution in [2.75, 3.05) is 0 Å². The average molecular weight is 330 g/mol. The minimum absolute atomic E-state index is 0.332. The van der Waals surface area contributed by atoms with Crippen LogP contribution in [0.3, 0.4) is 0 Å². The highest BCUT2D eigenvalue weighted by Crippen LogP contribution is 2.21. The van der Waals surface area contributed by atoms with Gasteiger partial charge >= 0.3 is 5.97 Å². The highest BCUT2D eigenvalue weighted by molar-refractivity contribution is 5.87. The Bertz CT molecular complexity index is 835. The van der Waals surface area contributed by atoms with E-state index < -0.39 is 0 Å². The lowest BCUT2D eigenvalue weighted by Gasteiger charge is -2.10. The summed E-state index contributed by atoms with van der Waals surface area (Å²) in [4.78, 5) is 11.9. The lowest BCUT2D eigenvalue weighted by atomic mass is 10.0. The monoisotopic (exact) mass is 330 g/mol. The minimum atomic E-state index is -0.332. The number of carbonyl (C=O) groups is 1. The number of allylic oxidation sites excluding steroid dienone is 4. The van der Waals surface area contributed by atoms with Crippen LogP contribution in [0.25, 0.3) is 17.2 Å². The lowest BCUT2D eigenvalue weighted by molar-refractivity contribution is -0.133. The Kier molecular flexibility index (Phi) is 5.30. The van der Waals surface area contributed by atoms with Gasteiger partial charge in [-0.2, -0.15) is 0 Å². The van der Waals surface area contributed by atoms with Crippen molar-refractivity contribution >= 4 is 12.0 Å². The number of hydrogen-bond donors (Lipinski definition) is 0. The molecule has 1 aliphatic carbocycles. The molecule has 126 valence electrons. The third kappa shape index (κ3) is 4.80. The predicted molar refractivity (Wildman–Crippen MR) is 103 cm³/mol. The summed E-state index contributed by atoms with van der Waals surface area (Å²) in [5.41, 5.74) is 5.88. The van der Waals surface area contributed by atoms with Gasteiger partial charge in [0, 0.05) is 12.5 Å². The Morgan fingerprint density at radius 2 is 1.52 bits per heavy atom. The molecule has 0 radical (unpaired) electrons. The quantitative estimate of drug-likeness (QED) is 0.520. The van der Waals surface area contributed by atoms with Crippen molar-refractivity contribution in [2.24, 2.45) is 0 Å². The Morgan fingerprint density at radius 3 is 2.12 bits per heavy atom. The molecule has 1 aliphatic rings. The zero-order valence-electron chi connectivity index (χ0n) is 14.7. The fraction of sp³-hybridized carbons (Fsp3) is 0.174. The summed E-state index contributed by atoms with van der Waals surface area (Å²) < 4.78 is 5.36. The van der Waals surface area contributed by atoms with Gasteiger partial charge in [-0.25, -0.2) is 4.79 Å². The molecule has 2 aromatic carbocycles. The summed E-state index contributed by atoms with van der Waals surface area (Å²) in [6, 6.07) is 16.6. The predicted octanol–water partition coefficient (Wildman–Crippen LogP) is 5.84. The Labute approximate surface area is 149 Å². The summed E-state index contributed by atoms with van der Waals surface area (Å²) in [5.74, 6) is 0.400. The molecule has 0 fully saturated rings. The summed E-state index contributed by atoms with van der Waals surface area (Å²) in [6.45, 7) is 4.16. The van der Waals surface area contributed by atoms with E-state index in [2.05, 4.69) is 50.2 Å². The second-order valence-electron chi connectivity index (χ2n) is 6.39. The van der Waals surface area contributed by atoms with Crippen molar-refractivity contribution in [3.8, 4) is 11.1 Å². The molecular weight excluding hydrogens is 308 g/mol. The van der Waals surface area contributed by atoms with Crippen LogP contribution in [0.1, 0.15) is 30.9 Å². The van der Waals surface area contributed by atoms with Gasteiger partial charge in [0.1, 0.15) is 5.76 Å². The maximum Gasteiger partial charge on any atom is 0.335 e. The van der Waals surface area contributed by atoms with E-state index in [9.17, 15) is 4.79 Å². The minimum Gasteiger partial charge on any atom is -0.428 e. The zero-order valence-corrected chi connectivity index (χ0v) is 14.7. The van der Waals surface area contributed by atoms with Crippen LogP contribution < -0.4 is 0 Å². The smallest absolute Gasteiger partial charge is 0.335 e. The van der Waals surface area contributed by atoms with Crippen LogP contribution in [0.5, 0.6) is 0 Å². The molecule has 2 aromatic rings. The van der Waals surface area contributed by atoms with Crippen LogP contribution in [-0.2, 0) is 9.53 Å². The molecule has 0 aromatic heterocycles. The largest absolute Gasteiger partial charge is 0.428 e. The van der Waals surface area contributed by atoms with E-state index in [1.807, 2.05) is 24.3 Å². The average Bonchev–Trinajstić information content (AvgIpc) is 2.63. The van der Waals surface area contributed by atoms with Crippen molar-refractivity contribution in [1.82, 2.24) is 0 Å². The fourth-order valence-electron chi connectivity index (χ4n) is 2.67. The summed E-state index contributed by atoms with van der Waals surface area (Å²) >= 11 is 0. The molecule has 2 heteroatoms. The molecule has 3 rings (SSSR count). The first-order chi connectivity index (χ1) is 12.1. The molecule has 0 amide bonds. The van der Waals surface area contributed by atoms with Crippen molar-refractivity contribution in [1.29, 1.82) is 0 Å². The Hall–Kier alpha value is -2.87. The van der Waals surface area contributed by atoms with E-state index in [1.54, 1.807) is 6.08 Å². The van der Waals surface area contributed by atoms with Crippen LogP contribution in [0, 0.1) is 6.92 Å². The number of hydrogen-bond acceptors (Lipinski definition) is 2. The normalized spacial score (nSPS) is 14.2. The van der Waals surface area contributed by atoms with Gasteiger partial charge in [0.25, 0.3) is 0 Å². The highest BCUT2D eigenvalue weighted by atomic mass is 16.5. The van der Waals surface area contributed by atoms with Crippen molar-refractivity contribution < 1.29 is 9.53 Å². The van der Waals surface area contributed by atoms with Crippen LogP contribution in [-0.4, -0.2) is 5.97 Å². The summed E-state index contributed by atoms with van der Waals surface area (Å²) in [7, 11) is 0. The molecule has 25 heavy (non-hydrogen) atoms. The third-order valence-electron chi connectivity index (χ3n) is 4.26. The summed E-state index contributed by atoms with van der Waals surface area (Å²) in [5, 5.41) is 0. The number of ether oxygens (including phenoxy) is 1. The Morgan fingerprint density at radius 1 is 0.880 bits per heavy atom. The molecule has 0 atom stereocenters. The molecular formula is C23H22O2. The molecule has 0 N–H and O–H groups in total. The van der Waals surface area contributed by atoms with Gasteiger partial charge in [0.2, 0.25) is 0 Å². The van der Waals surface area contributed by atoms with Gasteiger partial charge < -0.3 is 4.74 Å². The number of benzene rings is 2. The van der Waals surface area contributed by atoms with Crippen LogP contribution in [0.2, 0.25) is 0 Å². The molecule has 0 bridgehead atoms. The van der Waals surface area contributed by atoms with Crippen molar-refractivity contribution in [3.05, 3.63) is 89.2 Å². The molecule has 2 nitrogen and oxygen atoms in total. The molecule has 0 unspecified atom stereocenters. The molecule has 0 heterocycles. The maximum absolute atomic E-state index is 11.9. The van der Waals surface area contributed by atoms with Crippen molar-refractivity contribution in [2.45, 2.75) is 26.7 Å². The standard InChI is InChI=1S/C23H22O2/c1-17-3-10-20(11-4-17)21-12-7-19(8-13-21)9-16-23(24)25-22-14-5-18(2)6-15-22/h3-5,7-14,16H,6,15H2,1-2H3/b16-9+. The lowest BCUT2D eigenvalue weighted by Crippen LogP contribution is -2.02. The van der Waals surface area contributed by atoms with E-state index >= 15 is 0 Å². The number of esters is 1. The highest BCUT2D eigenvalue weighted by Gasteiger charge is 2.07. The van der Waals surface area contributed by atoms with Crippen LogP contribution >= 0.6 is 0 Å². The van der Waals surface area contributed by atoms with E-state index in [0.29, 0.717) is 0 Å². The number of rotatable bonds is 4. The summed E-state index contributed by atoms with van der Waals surface area (Å²) in [6.07, 6.45) is 8.87. The fourth-order valence-corrected chi connectivity index (χ4v) is 2.67. The topological polar surface area (TPSA) is 26.3 Å². The van der Waals surface area contributed by atoms with E-state index in [1.165, 1.54) is 22.8 Å². The molecule has 0 spiro atoms. The number of aryl methyl sites for hydroxylation is 1. The first kappa shape index (κ1) is 17.0. The Balaban J connectivity index is 1.62. The van der Waals surface area contributed by atoms with E-state index in [-0.39, 0.29) is 5.97 Å². The second kappa shape index (κ2) is 7.80. The van der Waals surface area contributed by atoms with Crippen LogP contribution in [0.15, 0.2) is 78.1 Å². The van der Waals surface area contributed by atoms with Gasteiger partial charge in [-0.3, -0.25) is 0 Å². The van der Waals surface area contributed by atoms with Gasteiger partial charge in [-0.15, -0.1) is 0 Å². The van der Waals surface area contributed by atoms with Crippen LogP contribution in [0.4, 0.5) is 0 Å². The number of carbonyl (C=O) groups excluding carboxylic acids is 1. The zero-order chi connectivity index (χ0) is 17.6. The van der Waals surface area contributed by atoms with Crippen molar-refractivity contribution in [3.63, 3.8) is 0 Å². The molecule has 0 aliphatic heterocycles. The van der Waals surface area contributed by atoms with E-state index in [4.69, 9.17) is 4.74 Å². The maximum atomic E-state index is 11.9. The van der Waals surface area contributed by atoms with Gasteiger partial charge in [0.15, 0.2) is 0 Å². The molecule has 0 saturated heterocycles. The van der Waals surface area contributed by atoms with Gasteiger partial charge in [0.05, 0.1) is 0 Å². The SMILES string of the molecule is CC1=CC=C(OC(=O)/C=C/c2ccc(-c3ccc(C)cc3)cc2)CC1. The van der Waals surface area contributed by atoms with Gasteiger partial charge in [-0.1, -0.05) is 65.7 Å². The first-order valence-electron chi connectivity index (χ1n) is 8.53. The third-order valence-corrected chi connectivity index (χ3v) is 4.26. The molecule has 0 saturated carbocycles. The van der Waals surface area contributed by atoms with E-state index in [0.717, 1.165) is 29.7 Å². The second-order valence-corrected chi connectivity index (χ2v) is 6.39.